The minimum atomic E-state index is -1.94. The van der Waals surface area contributed by atoms with Gasteiger partial charge in [-0.25, -0.2) is 0 Å². The number of hydrogen-bond donors (Lipinski definition) is 0. The van der Waals surface area contributed by atoms with E-state index < -0.39 is 8.32 Å². The molecule has 0 spiro atoms. The number of rotatable bonds is 9. The van der Waals surface area contributed by atoms with Crippen LogP contribution in [0.2, 0.25) is 16.6 Å². The molecule has 3 nitrogen and oxygen atoms in total. The quantitative estimate of drug-likeness (QED) is 0.174. The molecule has 3 atom stereocenters. The van der Waals surface area contributed by atoms with E-state index in [9.17, 15) is 4.79 Å². The van der Waals surface area contributed by atoms with Crippen LogP contribution >= 0.6 is 22.6 Å². The molecule has 1 rings (SSSR count). The van der Waals surface area contributed by atoms with Crippen LogP contribution in [0.1, 0.15) is 80.6 Å². The van der Waals surface area contributed by atoms with Crippen LogP contribution in [-0.4, -0.2) is 30.4 Å². The summed E-state index contributed by atoms with van der Waals surface area (Å²) in [4.78, 5) is 12.2. The highest BCUT2D eigenvalue weighted by Gasteiger charge is 2.48. The average molecular weight is 468 g/mol. The van der Waals surface area contributed by atoms with Crippen molar-refractivity contribution in [2.45, 2.75) is 113 Å². The zero-order chi connectivity index (χ0) is 18.5. The van der Waals surface area contributed by atoms with E-state index >= 15 is 0 Å². The summed E-state index contributed by atoms with van der Waals surface area (Å²) in [6.07, 6.45) is 4.83. The van der Waals surface area contributed by atoms with Crippen molar-refractivity contribution in [1.82, 2.24) is 0 Å². The summed E-state index contributed by atoms with van der Waals surface area (Å²) in [7, 11) is -1.94. The fourth-order valence-corrected chi connectivity index (χ4v) is 10.8. The molecule has 1 saturated heterocycles. The highest BCUT2D eigenvalue weighted by Crippen LogP contribution is 2.44. The second kappa shape index (κ2) is 9.90. The number of cyclic esters (lactones) is 1. The highest BCUT2D eigenvalue weighted by molar-refractivity contribution is 14.1. The number of carbonyl (C=O) groups is 1. The molecule has 0 saturated carbocycles. The molecule has 24 heavy (non-hydrogen) atoms. The van der Waals surface area contributed by atoms with Crippen LogP contribution in [0, 0.1) is 0 Å². The molecule has 0 aromatic heterocycles. The SMILES string of the molecule is CCCC[C@@H](I)[C@H]1C[C@H](O[Si](C(C)C)(C(C)C)C(C)C)CC(=O)O1. The molecule has 1 heterocycles. The third-order valence-electron chi connectivity index (χ3n) is 5.49. The summed E-state index contributed by atoms with van der Waals surface area (Å²) < 4.78 is 12.9. The predicted molar refractivity (Wildman–Crippen MR) is 112 cm³/mol. The van der Waals surface area contributed by atoms with Gasteiger partial charge in [0.25, 0.3) is 0 Å². The Morgan fingerprint density at radius 3 is 2.17 bits per heavy atom. The molecule has 0 N–H and O–H groups in total. The van der Waals surface area contributed by atoms with E-state index in [-0.39, 0.29) is 18.2 Å². The van der Waals surface area contributed by atoms with Crippen molar-refractivity contribution in [2.24, 2.45) is 0 Å². The lowest BCUT2D eigenvalue weighted by Gasteiger charge is -2.46. The lowest BCUT2D eigenvalue weighted by atomic mass is 10.0. The second-order valence-corrected chi connectivity index (χ2v) is 15.2. The Kier molecular flexibility index (Phi) is 9.25. The standard InChI is InChI=1S/C19H37IO3Si/c1-8-9-10-17(20)18-11-16(12-19(21)22-18)23-24(13(2)3,14(4)5)15(6)7/h13-18H,8-12H2,1-7H3/t16-,17+,18+/m0/s1. The van der Waals surface area contributed by atoms with Gasteiger partial charge in [-0.15, -0.1) is 0 Å². The number of carbonyl (C=O) groups excluding carboxylic acids is 1. The van der Waals surface area contributed by atoms with E-state index in [0.717, 1.165) is 12.8 Å². The Morgan fingerprint density at radius 1 is 1.17 bits per heavy atom. The summed E-state index contributed by atoms with van der Waals surface area (Å²) >= 11 is 2.46. The molecule has 1 aliphatic heterocycles. The van der Waals surface area contributed by atoms with Crippen LogP contribution in [0.4, 0.5) is 0 Å². The Labute approximate surface area is 163 Å². The lowest BCUT2D eigenvalue weighted by molar-refractivity contribution is -0.159. The highest BCUT2D eigenvalue weighted by atomic mass is 127. The minimum absolute atomic E-state index is 0.0154. The fourth-order valence-electron chi connectivity index (χ4n) is 4.39. The minimum Gasteiger partial charge on any atom is -0.461 e. The van der Waals surface area contributed by atoms with Crippen molar-refractivity contribution >= 4 is 36.9 Å². The number of halogens is 1. The van der Waals surface area contributed by atoms with Crippen molar-refractivity contribution in [1.29, 1.82) is 0 Å². The average Bonchev–Trinajstić information content (AvgIpc) is 2.48. The number of ether oxygens (including phenoxy) is 1. The van der Waals surface area contributed by atoms with Gasteiger partial charge in [-0.05, 0) is 23.0 Å². The van der Waals surface area contributed by atoms with Crippen molar-refractivity contribution in [3.63, 3.8) is 0 Å². The maximum Gasteiger partial charge on any atom is 0.308 e. The molecule has 0 amide bonds. The van der Waals surface area contributed by atoms with Gasteiger partial charge in [-0.3, -0.25) is 4.79 Å². The maximum absolute atomic E-state index is 12.2. The molecule has 5 heteroatoms. The molecule has 0 bridgehead atoms. The van der Waals surface area contributed by atoms with Crippen molar-refractivity contribution < 1.29 is 14.0 Å². The maximum atomic E-state index is 12.2. The van der Waals surface area contributed by atoms with E-state index in [1.807, 2.05) is 0 Å². The first kappa shape index (κ1) is 22.4. The largest absolute Gasteiger partial charge is 0.461 e. The topological polar surface area (TPSA) is 35.5 Å². The van der Waals surface area contributed by atoms with Crippen LogP contribution in [0.15, 0.2) is 0 Å². The number of unbranched alkanes of at least 4 members (excludes halogenated alkanes) is 1. The molecular formula is C19H37IO3Si. The Hall–Kier alpha value is 0.377. The van der Waals surface area contributed by atoms with Crippen molar-refractivity contribution in [2.75, 3.05) is 0 Å². The third-order valence-corrected chi connectivity index (χ3v) is 13.1. The van der Waals surface area contributed by atoms with Gasteiger partial charge in [0.05, 0.1) is 12.5 Å². The molecule has 142 valence electrons. The van der Waals surface area contributed by atoms with Gasteiger partial charge in [0.2, 0.25) is 8.32 Å². The van der Waals surface area contributed by atoms with Gasteiger partial charge >= 0.3 is 5.97 Å². The van der Waals surface area contributed by atoms with E-state index in [1.54, 1.807) is 0 Å². The van der Waals surface area contributed by atoms with E-state index in [2.05, 4.69) is 71.1 Å². The van der Waals surface area contributed by atoms with Crippen LogP contribution in [0.5, 0.6) is 0 Å². The van der Waals surface area contributed by atoms with Crippen LogP contribution in [0.25, 0.3) is 0 Å². The van der Waals surface area contributed by atoms with Crippen molar-refractivity contribution in [3.05, 3.63) is 0 Å². The molecule has 0 unspecified atom stereocenters. The predicted octanol–water partition coefficient (Wildman–Crippen LogP) is 6.25. The monoisotopic (exact) mass is 468 g/mol. The van der Waals surface area contributed by atoms with E-state index in [1.165, 1.54) is 12.8 Å². The van der Waals surface area contributed by atoms with E-state index in [0.29, 0.717) is 27.0 Å². The van der Waals surface area contributed by atoms with Gasteiger partial charge in [0.1, 0.15) is 6.10 Å². The lowest BCUT2D eigenvalue weighted by Crippen LogP contribution is -2.52. The first-order chi connectivity index (χ1) is 11.1. The van der Waals surface area contributed by atoms with Gasteiger partial charge in [-0.2, -0.15) is 0 Å². The molecule has 1 aliphatic rings. The van der Waals surface area contributed by atoms with Gasteiger partial charge in [0, 0.05) is 10.3 Å². The van der Waals surface area contributed by atoms with Crippen LogP contribution in [-0.2, 0) is 14.0 Å². The van der Waals surface area contributed by atoms with Gasteiger partial charge in [-0.1, -0.05) is 83.9 Å². The van der Waals surface area contributed by atoms with Crippen LogP contribution in [0.3, 0.4) is 0 Å². The Morgan fingerprint density at radius 2 is 1.71 bits per heavy atom. The van der Waals surface area contributed by atoms with Crippen molar-refractivity contribution in [3.8, 4) is 0 Å². The van der Waals surface area contributed by atoms with Gasteiger partial charge < -0.3 is 9.16 Å². The Balaban J connectivity index is 2.89. The van der Waals surface area contributed by atoms with E-state index in [4.69, 9.17) is 9.16 Å². The summed E-state index contributed by atoms with van der Waals surface area (Å²) in [5.74, 6) is -0.0754. The molecular weight excluding hydrogens is 431 g/mol. The Bertz CT molecular complexity index is 376. The number of hydrogen-bond acceptors (Lipinski definition) is 3. The molecule has 0 aromatic carbocycles. The number of alkyl halides is 1. The molecule has 0 aromatic rings. The first-order valence-electron chi connectivity index (χ1n) is 9.66. The normalized spacial score (nSPS) is 23.9. The summed E-state index contributed by atoms with van der Waals surface area (Å²) in [5.41, 5.74) is 1.64. The van der Waals surface area contributed by atoms with Crippen LogP contribution < -0.4 is 0 Å². The third kappa shape index (κ3) is 5.43. The molecule has 0 aliphatic carbocycles. The fraction of sp³-hybridized carbons (Fsp3) is 0.947. The zero-order valence-corrected chi connectivity index (χ0v) is 19.8. The van der Waals surface area contributed by atoms with Gasteiger partial charge in [0.15, 0.2) is 0 Å². The molecule has 0 radical (unpaired) electrons. The smallest absolute Gasteiger partial charge is 0.308 e. The first-order valence-corrected chi connectivity index (χ1v) is 13.0. The summed E-state index contributed by atoms with van der Waals surface area (Å²) in [6, 6.07) is 0. The number of esters is 1. The zero-order valence-electron chi connectivity index (χ0n) is 16.6. The second-order valence-electron chi connectivity index (χ2n) is 8.18. The summed E-state index contributed by atoms with van der Waals surface area (Å²) in [6.45, 7) is 16.0. The summed E-state index contributed by atoms with van der Waals surface area (Å²) in [5, 5.41) is 0. The molecule has 1 fully saturated rings.